The van der Waals surface area contributed by atoms with Gasteiger partial charge in [0.2, 0.25) is 0 Å². The Balaban J connectivity index is -0.000000405. The van der Waals surface area contributed by atoms with E-state index in [-0.39, 0.29) is 14.9 Å². The van der Waals surface area contributed by atoms with Gasteiger partial charge in [0.25, 0.3) is 0 Å². The number of rotatable bonds is 6. The minimum Gasteiger partial charge on any atom is -0.388 e. The molecule has 3 nitrogen and oxygen atoms in total. The van der Waals surface area contributed by atoms with E-state index >= 15 is 0 Å². The summed E-state index contributed by atoms with van der Waals surface area (Å²) in [5.74, 6) is 0. The van der Waals surface area contributed by atoms with E-state index < -0.39 is 6.10 Å². The molecule has 12 heavy (non-hydrogen) atoms. The number of hydrogen-bond acceptors (Lipinski definition) is 3. The Bertz CT molecular complexity index is 58.8. The Morgan fingerprint density at radius 2 is 1.33 bits per heavy atom. The lowest BCUT2D eigenvalue weighted by molar-refractivity contribution is -0.0132. The molecule has 0 aromatic rings. The molecule has 0 atom stereocenters. The van der Waals surface area contributed by atoms with Gasteiger partial charge in [-0.3, -0.25) is 0 Å². The minimum absolute atomic E-state index is 0. The average Bonchev–Trinajstić information content (AvgIpc) is 1.97. The lowest BCUT2D eigenvalue weighted by atomic mass is 10.4. The van der Waals surface area contributed by atoms with Gasteiger partial charge >= 0.3 is 0 Å². The van der Waals surface area contributed by atoms with Gasteiger partial charge < -0.3 is 14.6 Å². The van der Waals surface area contributed by atoms with Gasteiger partial charge in [-0.25, -0.2) is 0 Å². The summed E-state index contributed by atoms with van der Waals surface area (Å²) in [6.07, 6.45) is -0.472. The molecule has 78 valence electrons. The third-order valence-electron chi connectivity index (χ3n) is 1.03. The SMILES string of the molecule is C.C.CCOCC(O)COCC. The third kappa shape index (κ3) is 12.5. The van der Waals surface area contributed by atoms with E-state index in [0.29, 0.717) is 26.4 Å². The number of ether oxygens (including phenoxy) is 2. The molecule has 0 aromatic heterocycles. The van der Waals surface area contributed by atoms with E-state index in [1.807, 2.05) is 13.8 Å². The van der Waals surface area contributed by atoms with Gasteiger partial charge in [0, 0.05) is 13.2 Å². The van der Waals surface area contributed by atoms with Crippen molar-refractivity contribution in [2.75, 3.05) is 26.4 Å². The summed E-state index contributed by atoms with van der Waals surface area (Å²) in [5.41, 5.74) is 0. The van der Waals surface area contributed by atoms with Gasteiger partial charge in [-0.15, -0.1) is 0 Å². The molecule has 0 aliphatic rings. The number of aliphatic hydroxyl groups is 1. The van der Waals surface area contributed by atoms with Crippen LogP contribution in [-0.4, -0.2) is 37.6 Å². The Morgan fingerprint density at radius 3 is 1.58 bits per heavy atom. The van der Waals surface area contributed by atoms with Crippen molar-refractivity contribution >= 4 is 0 Å². The van der Waals surface area contributed by atoms with Gasteiger partial charge in [-0.2, -0.15) is 0 Å². The fourth-order valence-corrected chi connectivity index (χ4v) is 0.556. The Morgan fingerprint density at radius 1 is 1.00 bits per heavy atom. The summed E-state index contributed by atoms with van der Waals surface area (Å²) in [4.78, 5) is 0. The van der Waals surface area contributed by atoms with Crippen LogP contribution < -0.4 is 0 Å². The Hall–Kier alpha value is -0.120. The zero-order valence-corrected chi connectivity index (χ0v) is 6.67. The molecule has 0 aliphatic carbocycles. The van der Waals surface area contributed by atoms with Crippen molar-refractivity contribution in [2.45, 2.75) is 34.8 Å². The maximum Gasteiger partial charge on any atom is 0.101 e. The van der Waals surface area contributed by atoms with Crippen LogP contribution in [0.15, 0.2) is 0 Å². The fourth-order valence-electron chi connectivity index (χ4n) is 0.556. The Labute approximate surface area is 76.7 Å². The van der Waals surface area contributed by atoms with Crippen molar-refractivity contribution in [3.63, 3.8) is 0 Å². The molecule has 0 rings (SSSR count). The van der Waals surface area contributed by atoms with E-state index in [9.17, 15) is 0 Å². The second kappa shape index (κ2) is 13.5. The van der Waals surface area contributed by atoms with Crippen molar-refractivity contribution in [2.24, 2.45) is 0 Å². The van der Waals surface area contributed by atoms with Crippen molar-refractivity contribution in [1.82, 2.24) is 0 Å². The lowest BCUT2D eigenvalue weighted by Crippen LogP contribution is -2.21. The topological polar surface area (TPSA) is 38.7 Å². The van der Waals surface area contributed by atoms with E-state index in [4.69, 9.17) is 14.6 Å². The predicted octanol–water partition coefficient (Wildman–Crippen LogP) is 1.69. The standard InChI is InChI=1S/C7H16O3.2CH4/c1-3-9-5-7(8)6-10-4-2;;/h7-8H,3-6H2,1-2H3;2*1H4. The second-order valence-electron chi connectivity index (χ2n) is 1.97. The summed E-state index contributed by atoms with van der Waals surface area (Å²) in [7, 11) is 0. The largest absolute Gasteiger partial charge is 0.388 e. The highest BCUT2D eigenvalue weighted by atomic mass is 16.5. The first-order valence-electron chi connectivity index (χ1n) is 3.64. The molecule has 0 saturated carbocycles. The smallest absolute Gasteiger partial charge is 0.101 e. The van der Waals surface area contributed by atoms with Crippen molar-refractivity contribution in [3.8, 4) is 0 Å². The molecule has 0 aromatic carbocycles. The zero-order valence-electron chi connectivity index (χ0n) is 6.67. The van der Waals surface area contributed by atoms with Crippen LogP contribution >= 0.6 is 0 Å². The first-order chi connectivity index (χ1) is 4.81. The molecule has 3 heteroatoms. The molecule has 0 radical (unpaired) electrons. The lowest BCUT2D eigenvalue weighted by Gasteiger charge is -2.09. The van der Waals surface area contributed by atoms with Crippen LogP contribution in [0.2, 0.25) is 0 Å². The fraction of sp³-hybridized carbons (Fsp3) is 1.00. The normalized spacial score (nSPS) is 9.00. The molecule has 0 spiro atoms. The molecule has 0 unspecified atom stereocenters. The third-order valence-corrected chi connectivity index (χ3v) is 1.03. The van der Waals surface area contributed by atoms with E-state index in [0.717, 1.165) is 0 Å². The molecule has 0 amide bonds. The summed E-state index contributed by atoms with van der Waals surface area (Å²) < 4.78 is 9.92. The van der Waals surface area contributed by atoms with Crippen molar-refractivity contribution < 1.29 is 14.6 Å². The van der Waals surface area contributed by atoms with Gasteiger partial charge in [0.1, 0.15) is 6.10 Å². The van der Waals surface area contributed by atoms with E-state index in [1.165, 1.54) is 0 Å². The predicted molar refractivity (Wildman–Crippen MR) is 52.5 cm³/mol. The van der Waals surface area contributed by atoms with Crippen LogP contribution in [0.1, 0.15) is 28.7 Å². The molecule has 0 heterocycles. The summed E-state index contributed by atoms with van der Waals surface area (Å²) in [6, 6.07) is 0. The molecule has 0 saturated heterocycles. The maximum absolute atomic E-state index is 9.06. The first kappa shape index (κ1) is 17.8. The van der Waals surface area contributed by atoms with Gasteiger partial charge in [-0.05, 0) is 13.8 Å². The van der Waals surface area contributed by atoms with Crippen LogP contribution in [0.4, 0.5) is 0 Å². The van der Waals surface area contributed by atoms with Crippen molar-refractivity contribution in [3.05, 3.63) is 0 Å². The summed E-state index contributed by atoms with van der Waals surface area (Å²) in [5, 5.41) is 9.06. The molecule has 0 aliphatic heterocycles. The minimum atomic E-state index is -0.472. The quantitative estimate of drug-likeness (QED) is 0.676. The monoisotopic (exact) mass is 180 g/mol. The average molecular weight is 180 g/mol. The Kier molecular flexibility index (Phi) is 20.0. The second-order valence-corrected chi connectivity index (χ2v) is 1.97. The molecule has 0 bridgehead atoms. The molecule has 0 fully saturated rings. The van der Waals surface area contributed by atoms with Crippen LogP contribution in [0.3, 0.4) is 0 Å². The first-order valence-corrected chi connectivity index (χ1v) is 3.64. The molecular formula is C9H24O3. The number of aliphatic hydroxyl groups excluding tert-OH is 1. The number of hydrogen-bond donors (Lipinski definition) is 1. The van der Waals surface area contributed by atoms with Crippen LogP contribution in [0, 0.1) is 0 Å². The van der Waals surface area contributed by atoms with Crippen LogP contribution in [0.5, 0.6) is 0 Å². The van der Waals surface area contributed by atoms with Gasteiger partial charge in [0.15, 0.2) is 0 Å². The summed E-state index contributed by atoms with van der Waals surface area (Å²) >= 11 is 0. The molecular weight excluding hydrogens is 156 g/mol. The highest BCUT2D eigenvalue weighted by Gasteiger charge is 2.01. The van der Waals surface area contributed by atoms with Crippen molar-refractivity contribution in [1.29, 1.82) is 0 Å². The van der Waals surface area contributed by atoms with Gasteiger partial charge in [0.05, 0.1) is 13.2 Å². The molecule has 1 N–H and O–H groups in total. The highest BCUT2D eigenvalue weighted by molar-refractivity contribution is 4.49. The maximum atomic E-state index is 9.06. The highest BCUT2D eigenvalue weighted by Crippen LogP contribution is 1.86. The summed E-state index contributed by atoms with van der Waals surface area (Å²) in [6.45, 7) is 5.82. The van der Waals surface area contributed by atoms with E-state index in [2.05, 4.69) is 0 Å². The van der Waals surface area contributed by atoms with E-state index in [1.54, 1.807) is 0 Å². The van der Waals surface area contributed by atoms with Crippen LogP contribution in [0.25, 0.3) is 0 Å². The van der Waals surface area contributed by atoms with Gasteiger partial charge in [-0.1, -0.05) is 14.9 Å². The zero-order chi connectivity index (χ0) is 7.82. The van der Waals surface area contributed by atoms with Crippen LogP contribution in [-0.2, 0) is 9.47 Å².